The van der Waals surface area contributed by atoms with E-state index in [1.165, 1.54) is 38.5 Å². The summed E-state index contributed by atoms with van der Waals surface area (Å²) < 4.78 is 11.5. The molecular weight excluding hydrogens is 478 g/mol. The third kappa shape index (κ3) is 12.3. The van der Waals surface area contributed by atoms with Crippen molar-refractivity contribution in [2.45, 2.75) is 128 Å². The van der Waals surface area contributed by atoms with Crippen molar-refractivity contribution in [2.75, 3.05) is 0 Å². The molecule has 0 aliphatic carbocycles. The number of benzene rings is 1. The first kappa shape index (κ1) is 31.6. The van der Waals surface area contributed by atoms with Crippen LogP contribution in [0.5, 0.6) is 0 Å². The van der Waals surface area contributed by atoms with Gasteiger partial charge in [0.05, 0.1) is 5.92 Å². The minimum Gasteiger partial charge on any atom is -0.461 e. The molecule has 1 N–H and O–H groups in total. The molecule has 1 fully saturated rings. The van der Waals surface area contributed by atoms with Crippen LogP contribution in [-0.4, -0.2) is 36.6 Å². The fourth-order valence-corrected chi connectivity index (χ4v) is 4.96. The number of allylic oxidation sites excluding steroid dienone is 2. The molecule has 1 saturated heterocycles. The predicted octanol–water partition coefficient (Wildman–Crippen LogP) is 6.85. The molecule has 0 saturated carbocycles. The molecule has 6 heteroatoms. The Labute approximate surface area is 229 Å². The Morgan fingerprint density at radius 3 is 2.34 bits per heavy atom. The summed E-state index contributed by atoms with van der Waals surface area (Å²) in [5, 5.41) is 2.62. The number of esters is 2. The Morgan fingerprint density at radius 2 is 1.66 bits per heavy atom. The highest BCUT2D eigenvalue weighted by Gasteiger charge is 2.43. The molecule has 1 aromatic carbocycles. The van der Waals surface area contributed by atoms with Gasteiger partial charge in [-0.25, -0.2) is 4.79 Å². The fraction of sp³-hybridized carbons (Fsp3) is 0.656. The summed E-state index contributed by atoms with van der Waals surface area (Å²) in [6, 6.07) is 8.82. The Balaban J connectivity index is 1.94. The van der Waals surface area contributed by atoms with Gasteiger partial charge < -0.3 is 14.8 Å². The van der Waals surface area contributed by atoms with E-state index in [1.807, 2.05) is 30.3 Å². The van der Waals surface area contributed by atoms with Gasteiger partial charge in [0.15, 0.2) is 0 Å². The van der Waals surface area contributed by atoms with Gasteiger partial charge in [0.1, 0.15) is 18.2 Å². The molecule has 1 amide bonds. The lowest BCUT2D eigenvalue weighted by Crippen LogP contribution is -2.48. The van der Waals surface area contributed by atoms with Crippen LogP contribution in [0.25, 0.3) is 0 Å². The third-order valence-corrected chi connectivity index (χ3v) is 7.30. The summed E-state index contributed by atoms with van der Waals surface area (Å²) in [7, 11) is 0. The summed E-state index contributed by atoms with van der Waals surface area (Å²) >= 11 is 0. The molecule has 0 radical (unpaired) electrons. The number of cyclic esters (lactones) is 1. The van der Waals surface area contributed by atoms with Crippen LogP contribution in [0.1, 0.15) is 109 Å². The van der Waals surface area contributed by atoms with Gasteiger partial charge in [-0.2, -0.15) is 0 Å². The van der Waals surface area contributed by atoms with Crippen molar-refractivity contribution in [3.63, 3.8) is 0 Å². The molecule has 1 aliphatic heterocycles. The van der Waals surface area contributed by atoms with E-state index in [4.69, 9.17) is 9.47 Å². The Hall–Kier alpha value is -2.63. The zero-order valence-electron chi connectivity index (χ0n) is 23.6. The number of ether oxygens (including phenoxy) is 2. The normalized spacial score (nSPS) is 18.4. The van der Waals surface area contributed by atoms with Crippen molar-refractivity contribution in [3.05, 3.63) is 48.0 Å². The smallest absolute Gasteiger partial charge is 0.329 e. The number of hydrogen-bond acceptors (Lipinski definition) is 5. The molecule has 1 heterocycles. The Bertz CT molecular complexity index is 824. The van der Waals surface area contributed by atoms with Crippen LogP contribution in [-0.2, 0) is 30.3 Å². The van der Waals surface area contributed by atoms with Crippen molar-refractivity contribution < 1.29 is 23.9 Å². The van der Waals surface area contributed by atoms with Gasteiger partial charge in [-0.1, -0.05) is 108 Å². The average molecular weight is 528 g/mol. The molecular formula is C32H49NO5. The monoisotopic (exact) mass is 527 g/mol. The molecule has 0 unspecified atom stereocenters. The number of carbonyl (C=O) groups is 3. The SMILES string of the molecule is CCCCCCC/C=C\CC[C@@H](C[C@@H]1OC(=O)[C@H]1CCCCCC)OC(=O)[C@H](Cc1ccccc1)NC=O. The quantitative estimate of drug-likeness (QED) is 0.0771. The second-order valence-electron chi connectivity index (χ2n) is 10.5. The van der Waals surface area contributed by atoms with E-state index in [-0.39, 0.29) is 24.1 Å². The first-order valence-corrected chi connectivity index (χ1v) is 14.9. The molecule has 212 valence electrons. The summed E-state index contributed by atoms with van der Waals surface area (Å²) in [4.78, 5) is 36.5. The topological polar surface area (TPSA) is 81.7 Å². The lowest BCUT2D eigenvalue weighted by Gasteiger charge is -2.37. The highest BCUT2D eigenvalue weighted by atomic mass is 16.6. The molecule has 1 aliphatic rings. The Kier molecular flexibility index (Phi) is 16.2. The fourth-order valence-electron chi connectivity index (χ4n) is 4.96. The second-order valence-corrected chi connectivity index (χ2v) is 10.5. The van der Waals surface area contributed by atoms with E-state index in [9.17, 15) is 14.4 Å². The number of rotatable bonds is 22. The van der Waals surface area contributed by atoms with Crippen molar-refractivity contribution >= 4 is 18.3 Å². The lowest BCUT2D eigenvalue weighted by molar-refractivity contribution is -0.190. The molecule has 1 aromatic rings. The first-order valence-electron chi connectivity index (χ1n) is 14.9. The van der Waals surface area contributed by atoms with Crippen molar-refractivity contribution in [2.24, 2.45) is 5.92 Å². The zero-order valence-corrected chi connectivity index (χ0v) is 23.6. The summed E-state index contributed by atoms with van der Waals surface area (Å²) in [6.45, 7) is 4.39. The van der Waals surface area contributed by atoms with Crippen molar-refractivity contribution in [1.82, 2.24) is 5.32 Å². The van der Waals surface area contributed by atoms with Gasteiger partial charge in [-0.15, -0.1) is 0 Å². The number of amides is 1. The Morgan fingerprint density at radius 1 is 0.974 bits per heavy atom. The van der Waals surface area contributed by atoms with Crippen LogP contribution < -0.4 is 5.32 Å². The van der Waals surface area contributed by atoms with Crippen LogP contribution >= 0.6 is 0 Å². The highest BCUT2D eigenvalue weighted by Crippen LogP contribution is 2.32. The third-order valence-electron chi connectivity index (χ3n) is 7.30. The molecule has 4 atom stereocenters. The van der Waals surface area contributed by atoms with Crippen molar-refractivity contribution in [1.29, 1.82) is 0 Å². The molecule has 38 heavy (non-hydrogen) atoms. The number of unbranched alkanes of at least 4 members (excludes halogenated alkanes) is 8. The van der Waals surface area contributed by atoms with E-state index in [0.29, 0.717) is 25.7 Å². The van der Waals surface area contributed by atoms with Gasteiger partial charge in [0.2, 0.25) is 6.41 Å². The van der Waals surface area contributed by atoms with Gasteiger partial charge >= 0.3 is 11.9 Å². The second kappa shape index (κ2) is 19.4. The maximum absolute atomic E-state index is 13.1. The maximum atomic E-state index is 13.1. The lowest BCUT2D eigenvalue weighted by atomic mass is 9.86. The largest absolute Gasteiger partial charge is 0.461 e. The van der Waals surface area contributed by atoms with Gasteiger partial charge in [-0.3, -0.25) is 9.59 Å². The molecule has 6 nitrogen and oxygen atoms in total. The van der Waals surface area contributed by atoms with Crippen LogP contribution in [0.3, 0.4) is 0 Å². The maximum Gasteiger partial charge on any atom is 0.329 e. The standard InChI is InChI=1S/C32H49NO5/c1-3-5-7-9-10-11-12-13-17-21-27(24-30-28(31(35)38-30)22-18-8-6-4-2)37-32(36)29(33-25-34)23-26-19-15-14-16-20-26/h12-16,19-20,25,27-30H,3-11,17-18,21-24H2,1-2H3,(H,33,34)/b13-12-/t27-,28-,29-,30-/m0/s1. The highest BCUT2D eigenvalue weighted by molar-refractivity contribution is 5.79. The number of hydrogen-bond donors (Lipinski definition) is 1. The predicted molar refractivity (Wildman–Crippen MR) is 152 cm³/mol. The van der Waals surface area contributed by atoms with Crippen LogP contribution in [0.4, 0.5) is 0 Å². The first-order chi connectivity index (χ1) is 18.6. The summed E-state index contributed by atoms with van der Waals surface area (Å²) in [5.74, 6) is -0.694. The molecule has 2 rings (SSSR count). The summed E-state index contributed by atoms with van der Waals surface area (Å²) in [6.07, 6.45) is 19.3. The van der Waals surface area contributed by atoms with E-state index in [2.05, 4.69) is 31.3 Å². The van der Waals surface area contributed by atoms with Gasteiger partial charge in [0.25, 0.3) is 0 Å². The van der Waals surface area contributed by atoms with E-state index in [1.54, 1.807) is 0 Å². The number of nitrogens with one attached hydrogen (secondary N) is 1. The van der Waals surface area contributed by atoms with Crippen LogP contribution in [0.15, 0.2) is 42.5 Å². The van der Waals surface area contributed by atoms with Gasteiger partial charge in [0, 0.05) is 12.8 Å². The minimum atomic E-state index is -0.759. The van der Waals surface area contributed by atoms with E-state index < -0.39 is 12.0 Å². The average Bonchev–Trinajstić information content (AvgIpc) is 2.91. The summed E-state index contributed by atoms with van der Waals surface area (Å²) in [5.41, 5.74) is 0.947. The van der Waals surface area contributed by atoms with E-state index >= 15 is 0 Å². The van der Waals surface area contributed by atoms with Crippen LogP contribution in [0.2, 0.25) is 0 Å². The molecule has 0 bridgehead atoms. The van der Waals surface area contributed by atoms with Crippen molar-refractivity contribution in [3.8, 4) is 0 Å². The molecule has 0 aromatic heterocycles. The molecule has 0 spiro atoms. The minimum absolute atomic E-state index is 0.111. The van der Waals surface area contributed by atoms with Crippen LogP contribution in [0, 0.1) is 5.92 Å². The number of carbonyl (C=O) groups excluding carboxylic acids is 3. The zero-order chi connectivity index (χ0) is 27.4. The van der Waals surface area contributed by atoms with Gasteiger partial charge in [-0.05, 0) is 37.7 Å². The van der Waals surface area contributed by atoms with E-state index in [0.717, 1.165) is 44.1 Å².